The van der Waals surface area contributed by atoms with E-state index >= 15 is 0 Å². The standard InChI is InChI=1S/C5H10Br/c1-5(2,3)4-6/h4H,1-3H3. The molecule has 0 aliphatic heterocycles. The monoisotopic (exact) mass is 149 g/mol. The minimum Gasteiger partial charge on any atom is -0.0873 e. The van der Waals surface area contributed by atoms with E-state index in [2.05, 4.69) is 36.7 Å². The van der Waals surface area contributed by atoms with Crippen LogP contribution in [0, 0.1) is 10.7 Å². The predicted molar refractivity (Wildman–Crippen MR) is 32.7 cm³/mol. The van der Waals surface area contributed by atoms with Crippen LogP contribution in [0.5, 0.6) is 0 Å². The predicted octanol–water partition coefficient (Wildman–Crippen LogP) is 2.59. The van der Waals surface area contributed by atoms with Gasteiger partial charge < -0.3 is 0 Å². The lowest BCUT2D eigenvalue weighted by molar-refractivity contribution is 0.530. The third kappa shape index (κ3) is 4.48. The summed E-state index contributed by atoms with van der Waals surface area (Å²) in [5, 5.41) is 2.00. The molecular weight excluding hydrogens is 140 g/mol. The Bertz CT molecular complexity index is 33.7. The third-order valence-corrected chi connectivity index (χ3v) is 1.70. The van der Waals surface area contributed by atoms with Crippen LogP contribution in [0.2, 0.25) is 0 Å². The van der Waals surface area contributed by atoms with E-state index in [0.717, 1.165) is 0 Å². The van der Waals surface area contributed by atoms with Gasteiger partial charge in [0.25, 0.3) is 0 Å². The first-order valence-corrected chi connectivity index (χ1v) is 2.92. The largest absolute Gasteiger partial charge is 0.0873 e. The fourth-order valence-electron chi connectivity index (χ4n) is 0. The first-order valence-electron chi connectivity index (χ1n) is 2.01. The average molecular weight is 150 g/mol. The van der Waals surface area contributed by atoms with Gasteiger partial charge in [0.2, 0.25) is 0 Å². The van der Waals surface area contributed by atoms with E-state index in [4.69, 9.17) is 0 Å². The van der Waals surface area contributed by atoms with Gasteiger partial charge in [-0.2, -0.15) is 0 Å². The van der Waals surface area contributed by atoms with Crippen LogP contribution in [0.4, 0.5) is 0 Å². The molecule has 6 heavy (non-hydrogen) atoms. The summed E-state index contributed by atoms with van der Waals surface area (Å²) in [4.78, 5) is 0. The van der Waals surface area contributed by atoms with Crippen molar-refractivity contribution in [3.05, 3.63) is 5.33 Å². The van der Waals surface area contributed by atoms with E-state index in [1.54, 1.807) is 0 Å². The topological polar surface area (TPSA) is 0 Å². The Morgan fingerprint density at radius 2 is 1.50 bits per heavy atom. The smallest absolute Gasteiger partial charge is 0.0324 e. The van der Waals surface area contributed by atoms with Gasteiger partial charge in [0.1, 0.15) is 0 Å². The van der Waals surface area contributed by atoms with Crippen LogP contribution in [-0.4, -0.2) is 0 Å². The highest BCUT2D eigenvalue weighted by Crippen LogP contribution is 2.20. The summed E-state index contributed by atoms with van der Waals surface area (Å²) in [7, 11) is 0. The summed E-state index contributed by atoms with van der Waals surface area (Å²) in [5.74, 6) is 0. The zero-order chi connectivity index (χ0) is 5.21. The molecule has 1 heteroatoms. The highest BCUT2D eigenvalue weighted by atomic mass is 79.9. The van der Waals surface area contributed by atoms with Crippen molar-refractivity contribution in [2.45, 2.75) is 20.8 Å². The molecule has 0 saturated heterocycles. The van der Waals surface area contributed by atoms with Crippen molar-refractivity contribution >= 4 is 15.9 Å². The van der Waals surface area contributed by atoms with E-state index in [-0.39, 0.29) is 0 Å². The molecule has 0 heterocycles. The van der Waals surface area contributed by atoms with Gasteiger partial charge in [-0.05, 0) is 5.41 Å². The van der Waals surface area contributed by atoms with Crippen LogP contribution >= 0.6 is 15.9 Å². The van der Waals surface area contributed by atoms with E-state index in [1.165, 1.54) is 0 Å². The second-order valence-electron chi connectivity index (χ2n) is 2.48. The van der Waals surface area contributed by atoms with Gasteiger partial charge in [-0.3, -0.25) is 0 Å². The van der Waals surface area contributed by atoms with Gasteiger partial charge in [0, 0.05) is 5.33 Å². The number of hydrogen-bond donors (Lipinski definition) is 0. The first kappa shape index (κ1) is 6.48. The van der Waals surface area contributed by atoms with Gasteiger partial charge >= 0.3 is 0 Å². The maximum absolute atomic E-state index is 3.24. The summed E-state index contributed by atoms with van der Waals surface area (Å²) in [6.45, 7) is 6.42. The average Bonchev–Trinajstić information content (AvgIpc) is 1.35. The molecule has 0 atom stereocenters. The van der Waals surface area contributed by atoms with E-state index < -0.39 is 0 Å². The number of halogens is 1. The van der Waals surface area contributed by atoms with Crippen molar-refractivity contribution in [1.29, 1.82) is 0 Å². The molecule has 0 bridgehead atoms. The lowest BCUT2D eigenvalue weighted by atomic mass is 10.0. The molecule has 0 aliphatic rings. The number of rotatable bonds is 0. The van der Waals surface area contributed by atoms with Gasteiger partial charge in [0.05, 0.1) is 0 Å². The Morgan fingerprint density at radius 1 is 1.33 bits per heavy atom. The fraction of sp³-hybridized carbons (Fsp3) is 0.800. The number of hydrogen-bond acceptors (Lipinski definition) is 0. The minimum atomic E-state index is 0.333. The molecule has 0 amide bonds. The molecule has 0 N–H and O–H groups in total. The zero-order valence-electron chi connectivity index (χ0n) is 4.46. The molecule has 0 unspecified atom stereocenters. The lowest BCUT2D eigenvalue weighted by Crippen LogP contribution is -1.99. The van der Waals surface area contributed by atoms with E-state index in [9.17, 15) is 0 Å². The first-order chi connectivity index (χ1) is 2.56. The van der Waals surface area contributed by atoms with Crippen LogP contribution in [0.3, 0.4) is 0 Å². The molecule has 37 valence electrons. The molecule has 1 radical (unpaired) electrons. The minimum absolute atomic E-state index is 0.333. The van der Waals surface area contributed by atoms with Gasteiger partial charge in [-0.1, -0.05) is 36.7 Å². The van der Waals surface area contributed by atoms with Gasteiger partial charge in [-0.15, -0.1) is 0 Å². The Morgan fingerprint density at radius 3 is 1.50 bits per heavy atom. The molecule has 0 aliphatic carbocycles. The summed E-state index contributed by atoms with van der Waals surface area (Å²) >= 11 is 3.24. The highest BCUT2D eigenvalue weighted by molar-refractivity contribution is 9.10. The quantitative estimate of drug-likeness (QED) is 0.497. The van der Waals surface area contributed by atoms with Crippen molar-refractivity contribution < 1.29 is 0 Å². The molecule has 0 aromatic carbocycles. The molecule has 0 nitrogen and oxygen atoms in total. The SMILES string of the molecule is CC(C)(C)[CH]Br. The molecule has 0 aromatic heterocycles. The van der Waals surface area contributed by atoms with Crippen molar-refractivity contribution in [3.8, 4) is 0 Å². The zero-order valence-corrected chi connectivity index (χ0v) is 6.04. The Labute approximate surface area is 48.1 Å². The van der Waals surface area contributed by atoms with Crippen LogP contribution in [-0.2, 0) is 0 Å². The van der Waals surface area contributed by atoms with Crippen molar-refractivity contribution in [1.82, 2.24) is 0 Å². The Kier molecular flexibility index (Phi) is 2.12. The second-order valence-corrected chi connectivity index (χ2v) is 2.93. The maximum atomic E-state index is 3.24. The van der Waals surface area contributed by atoms with E-state index in [1.807, 2.05) is 5.33 Å². The highest BCUT2D eigenvalue weighted by Gasteiger charge is 2.05. The Hall–Kier alpha value is 0.480. The van der Waals surface area contributed by atoms with Gasteiger partial charge in [0.15, 0.2) is 0 Å². The normalized spacial score (nSPS) is 12.0. The molecule has 0 aromatic rings. The molecule has 0 spiro atoms. The summed E-state index contributed by atoms with van der Waals surface area (Å²) in [6.07, 6.45) is 0. The molecule has 0 rings (SSSR count). The van der Waals surface area contributed by atoms with E-state index in [0.29, 0.717) is 5.41 Å². The van der Waals surface area contributed by atoms with Crippen molar-refractivity contribution in [2.75, 3.05) is 0 Å². The van der Waals surface area contributed by atoms with Crippen molar-refractivity contribution in [3.63, 3.8) is 0 Å². The third-order valence-electron chi connectivity index (χ3n) is 0.327. The van der Waals surface area contributed by atoms with Crippen LogP contribution in [0.15, 0.2) is 0 Å². The second kappa shape index (κ2) is 1.97. The van der Waals surface area contributed by atoms with Crippen LogP contribution in [0.25, 0.3) is 0 Å². The molecule has 0 fully saturated rings. The fourth-order valence-corrected chi connectivity index (χ4v) is 0. The summed E-state index contributed by atoms with van der Waals surface area (Å²) in [6, 6.07) is 0. The van der Waals surface area contributed by atoms with Crippen LogP contribution in [0.1, 0.15) is 20.8 Å². The van der Waals surface area contributed by atoms with Crippen LogP contribution < -0.4 is 0 Å². The summed E-state index contributed by atoms with van der Waals surface area (Å²) < 4.78 is 0. The Balaban J connectivity index is 3.17. The molecular formula is C5H10Br. The summed E-state index contributed by atoms with van der Waals surface area (Å²) in [5.41, 5.74) is 0.333. The van der Waals surface area contributed by atoms with Gasteiger partial charge in [-0.25, -0.2) is 0 Å². The lowest BCUT2D eigenvalue weighted by Gasteiger charge is -2.10. The maximum Gasteiger partial charge on any atom is 0.0324 e. The molecule has 0 saturated carbocycles. The van der Waals surface area contributed by atoms with Crippen molar-refractivity contribution in [2.24, 2.45) is 5.41 Å².